The Hall–Kier alpha value is -0.860. The second-order valence-electron chi connectivity index (χ2n) is 3.12. The first-order valence-corrected chi connectivity index (χ1v) is 4.65. The highest BCUT2D eigenvalue weighted by Crippen LogP contribution is 2.16. The third-order valence-corrected chi connectivity index (χ3v) is 2.18. The van der Waals surface area contributed by atoms with Crippen LogP contribution in [0.25, 0.3) is 0 Å². The molecule has 0 aromatic heterocycles. The second kappa shape index (κ2) is 5.00. The zero-order valence-electron chi connectivity index (χ0n) is 7.90. The molecule has 2 heteroatoms. The van der Waals surface area contributed by atoms with Crippen LogP contribution in [0.5, 0.6) is 0 Å². The molecule has 72 valence electrons. The maximum absolute atomic E-state index is 9.52. The van der Waals surface area contributed by atoms with E-state index in [0.29, 0.717) is 6.42 Å². The van der Waals surface area contributed by atoms with Crippen LogP contribution < -0.4 is 0 Å². The number of benzene rings is 1. The zero-order chi connectivity index (χ0) is 9.68. The second-order valence-corrected chi connectivity index (χ2v) is 3.12. The van der Waals surface area contributed by atoms with Crippen molar-refractivity contribution in [2.75, 3.05) is 6.61 Å². The maximum atomic E-state index is 9.52. The molecule has 0 saturated heterocycles. The summed E-state index contributed by atoms with van der Waals surface area (Å²) in [5, 5.41) is 18.2. The van der Waals surface area contributed by atoms with Gasteiger partial charge in [0.05, 0.1) is 6.10 Å². The van der Waals surface area contributed by atoms with Gasteiger partial charge >= 0.3 is 0 Å². The van der Waals surface area contributed by atoms with Gasteiger partial charge in [0.15, 0.2) is 0 Å². The summed E-state index contributed by atoms with van der Waals surface area (Å²) < 4.78 is 0. The number of hydrogen-bond acceptors (Lipinski definition) is 2. The first-order chi connectivity index (χ1) is 6.27. The zero-order valence-corrected chi connectivity index (χ0v) is 7.90. The number of hydrogen-bond donors (Lipinski definition) is 2. The van der Waals surface area contributed by atoms with E-state index in [1.54, 1.807) is 0 Å². The van der Waals surface area contributed by atoms with Crippen LogP contribution in [0.1, 0.15) is 30.6 Å². The molecule has 0 bridgehead atoms. The molecule has 13 heavy (non-hydrogen) atoms. The first-order valence-electron chi connectivity index (χ1n) is 4.65. The lowest BCUT2D eigenvalue weighted by Gasteiger charge is -2.09. The molecule has 0 aliphatic rings. The first kappa shape index (κ1) is 10.2. The summed E-state index contributed by atoms with van der Waals surface area (Å²) in [5.74, 6) is 0. The Kier molecular flexibility index (Phi) is 3.93. The molecule has 1 rings (SSSR count). The Bertz CT molecular complexity index is 241. The predicted molar refractivity (Wildman–Crippen MR) is 52.5 cm³/mol. The van der Waals surface area contributed by atoms with E-state index in [0.717, 1.165) is 12.0 Å². The Balaban J connectivity index is 2.67. The van der Waals surface area contributed by atoms with E-state index < -0.39 is 6.10 Å². The minimum Gasteiger partial charge on any atom is -0.396 e. The van der Waals surface area contributed by atoms with Crippen molar-refractivity contribution in [3.05, 3.63) is 35.4 Å². The van der Waals surface area contributed by atoms with E-state index in [1.165, 1.54) is 5.56 Å². The van der Waals surface area contributed by atoms with Gasteiger partial charge in [-0.1, -0.05) is 31.2 Å². The molecule has 0 fully saturated rings. The third kappa shape index (κ3) is 2.83. The fourth-order valence-electron chi connectivity index (χ4n) is 1.26. The molecular formula is C11H16O2. The van der Waals surface area contributed by atoms with Gasteiger partial charge in [-0.05, 0) is 17.5 Å². The molecule has 0 radical (unpaired) electrons. The van der Waals surface area contributed by atoms with Crippen LogP contribution in [0, 0.1) is 0 Å². The summed E-state index contributed by atoms with van der Waals surface area (Å²) in [6.07, 6.45) is 0.887. The lowest BCUT2D eigenvalue weighted by Crippen LogP contribution is -1.99. The number of aryl methyl sites for hydroxylation is 1. The van der Waals surface area contributed by atoms with Crippen LogP contribution in [0.15, 0.2) is 24.3 Å². The van der Waals surface area contributed by atoms with Gasteiger partial charge < -0.3 is 10.2 Å². The summed E-state index contributed by atoms with van der Waals surface area (Å²) >= 11 is 0. The van der Waals surface area contributed by atoms with Gasteiger partial charge in [-0.3, -0.25) is 0 Å². The summed E-state index contributed by atoms with van der Waals surface area (Å²) in [6, 6.07) is 7.85. The lowest BCUT2D eigenvalue weighted by molar-refractivity contribution is 0.134. The Morgan fingerprint density at radius 1 is 1.23 bits per heavy atom. The van der Waals surface area contributed by atoms with Crippen molar-refractivity contribution in [1.29, 1.82) is 0 Å². The van der Waals surface area contributed by atoms with Crippen LogP contribution in [0.4, 0.5) is 0 Å². The molecule has 1 aromatic carbocycles. The van der Waals surface area contributed by atoms with Crippen LogP contribution in [-0.2, 0) is 6.42 Å². The van der Waals surface area contributed by atoms with E-state index in [9.17, 15) is 5.11 Å². The molecule has 0 saturated carbocycles. The molecule has 2 N–H and O–H groups in total. The Morgan fingerprint density at radius 3 is 2.31 bits per heavy atom. The predicted octanol–water partition coefficient (Wildman–Crippen LogP) is 1.66. The molecular weight excluding hydrogens is 164 g/mol. The van der Waals surface area contributed by atoms with Crippen molar-refractivity contribution in [3.63, 3.8) is 0 Å². The summed E-state index contributed by atoms with van der Waals surface area (Å²) in [7, 11) is 0. The van der Waals surface area contributed by atoms with Gasteiger partial charge in [0, 0.05) is 13.0 Å². The smallest absolute Gasteiger partial charge is 0.0811 e. The van der Waals surface area contributed by atoms with Gasteiger partial charge in [-0.25, -0.2) is 0 Å². The molecule has 1 unspecified atom stereocenters. The number of aliphatic hydroxyl groups excluding tert-OH is 2. The Labute approximate surface area is 78.8 Å². The van der Waals surface area contributed by atoms with E-state index in [-0.39, 0.29) is 6.61 Å². The fourth-order valence-corrected chi connectivity index (χ4v) is 1.26. The van der Waals surface area contributed by atoms with Crippen molar-refractivity contribution in [3.8, 4) is 0 Å². The number of rotatable bonds is 4. The average Bonchev–Trinajstić information content (AvgIpc) is 2.18. The largest absolute Gasteiger partial charge is 0.396 e. The highest BCUT2D eigenvalue weighted by atomic mass is 16.3. The lowest BCUT2D eigenvalue weighted by atomic mass is 10.0. The topological polar surface area (TPSA) is 40.5 Å². The van der Waals surface area contributed by atoms with Crippen LogP contribution >= 0.6 is 0 Å². The summed E-state index contributed by atoms with van der Waals surface area (Å²) in [4.78, 5) is 0. The monoisotopic (exact) mass is 180 g/mol. The minimum atomic E-state index is -0.532. The molecule has 0 amide bonds. The van der Waals surface area contributed by atoms with E-state index >= 15 is 0 Å². The molecule has 1 atom stereocenters. The van der Waals surface area contributed by atoms with Crippen LogP contribution in [0.3, 0.4) is 0 Å². The SMILES string of the molecule is CCc1ccc(C(O)CCO)cc1. The van der Waals surface area contributed by atoms with Gasteiger partial charge in [-0.2, -0.15) is 0 Å². The van der Waals surface area contributed by atoms with Crippen molar-refractivity contribution in [2.24, 2.45) is 0 Å². The molecule has 0 heterocycles. The van der Waals surface area contributed by atoms with Crippen molar-refractivity contribution < 1.29 is 10.2 Å². The van der Waals surface area contributed by atoms with Gasteiger partial charge in [0.1, 0.15) is 0 Å². The van der Waals surface area contributed by atoms with E-state index in [1.807, 2.05) is 24.3 Å². The van der Waals surface area contributed by atoms with Crippen molar-refractivity contribution in [1.82, 2.24) is 0 Å². The molecule has 2 nitrogen and oxygen atoms in total. The average molecular weight is 180 g/mol. The highest BCUT2D eigenvalue weighted by molar-refractivity contribution is 5.23. The molecule has 0 aliphatic carbocycles. The van der Waals surface area contributed by atoms with Crippen LogP contribution in [0.2, 0.25) is 0 Å². The van der Waals surface area contributed by atoms with Gasteiger partial charge in [0.2, 0.25) is 0 Å². The standard InChI is InChI=1S/C11H16O2/c1-2-9-3-5-10(6-4-9)11(13)7-8-12/h3-6,11-13H,2,7-8H2,1H3. The van der Waals surface area contributed by atoms with Gasteiger partial charge in [-0.15, -0.1) is 0 Å². The quantitative estimate of drug-likeness (QED) is 0.740. The molecule has 0 aliphatic heterocycles. The minimum absolute atomic E-state index is 0.0245. The Morgan fingerprint density at radius 2 is 1.85 bits per heavy atom. The van der Waals surface area contributed by atoms with E-state index in [2.05, 4.69) is 6.92 Å². The van der Waals surface area contributed by atoms with Gasteiger partial charge in [0.25, 0.3) is 0 Å². The highest BCUT2D eigenvalue weighted by Gasteiger charge is 2.05. The van der Waals surface area contributed by atoms with E-state index in [4.69, 9.17) is 5.11 Å². The summed E-state index contributed by atoms with van der Waals surface area (Å²) in [5.41, 5.74) is 2.14. The maximum Gasteiger partial charge on any atom is 0.0811 e. The third-order valence-electron chi connectivity index (χ3n) is 2.18. The normalized spacial score (nSPS) is 12.8. The van der Waals surface area contributed by atoms with Crippen molar-refractivity contribution >= 4 is 0 Å². The molecule has 0 spiro atoms. The molecule has 1 aromatic rings. The summed E-state index contributed by atoms with van der Waals surface area (Å²) in [6.45, 7) is 2.12. The fraction of sp³-hybridized carbons (Fsp3) is 0.455. The van der Waals surface area contributed by atoms with Crippen LogP contribution in [-0.4, -0.2) is 16.8 Å². The number of aliphatic hydroxyl groups is 2. The van der Waals surface area contributed by atoms with Crippen molar-refractivity contribution in [2.45, 2.75) is 25.9 Å².